The summed E-state index contributed by atoms with van der Waals surface area (Å²) in [6, 6.07) is 11.5. The normalized spacial score (nSPS) is 10.1. The van der Waals surface area contributed by atoms with Crippen LogP contribution in [0.25, 0.3) is 0 Å². The van der Waals surface area contributed by atoms with Crippen molar-refractivity contribution < 1.29 is 35.9 Å². The van der Waals surface area contributed by atoms with Gasteiger partial charge in [-0.15, -0.1) is 0 Å². The van der Waals surface area contributed by atoms with E-state index in [0.717, 1.165) is 0 Å². The molecule has 0 bridgehead atoms. The Balaban J connectivity index is 1.82. The quantitative estimate of drug-likeness (QED) is 0.386. The second kappa shape index (κ2) is 9.63. The number of hydrogen-bond acceptors (Lipinski definition) is 6. The van der Waals surface area contributed by atoms with Crippen molar-refractivity contribution in [3.8, 4) is 0 Å². The molecule has 2 aromatic carbocycles. The predicted molar refractivity (Wildman–Crippen MR) is 90.1 cm³/mol. The summed E-state index contributed by atoms with van der Waals surface area (Å²) < 4.78 is 9.77. The van der Waals surface area contributed by atoms with Crippen LogP contribution in [0, 0.1) is 9.81 Å². The zero-order chi connectivity index (χ0) is 19.8. The SMILES string of the molecule is O=C(O)Cc1ccc([N+](=O)[O][Sb][O][N+](=O)c2ccc(CC(=O)O)cc2)cc1. The summed E-state index contributed by atoms with van der Waals surface area (Å²) in [4.78, 5) is 45.2. The standard InChI is InChI=1S/2C8H7NO4.Sb/c2*10-8(11)5-6-1-3-7(4-2-6)9(12)13;/h2*1-4H,5H2,(H,10,11);/q;;+2. The van der Waals surface area contributed by atoms with Crippen LogP contribution in [-0.2, 0) is 28.7 Å². The number of hydrogen-bond donors (Lipinski definition) is 2. The van der Waals surface area contributed by atoms with E-state index in [1.165, 1.54) is 48.5 Å². The molecule has 139 valence electrons. The number of aliphatic carboxylic acids is 2. The van der Waals surface area contributed by atoms with Gasteiger partial charge in [-0.3, -0.25) is 0 Å². The first-order valence-corrected chi connectivity index (χ1v) is 9.54. The Bertz CT molecular complexity index is 780. The molecule has 0 aliphatic heterocycles. The van der Waals surface area contributed by atoms with E-state index in [0.29, 0.717) is 11.1 Å². The molecule has 2 rings (SSSR count). The molecule has 0 unspecified atom stereocenters. The van der Waals surface area contributed by atoms with Gasteiger partial charge in [0.15, 0.2) is 0 Å². The summed E-state index contributed by atoms with van der Waals surface area (Å²) in [6.45, 7) is 0. The Labute approximate surface area is 164 Å². The summed E-state index contributed by atoms with van der Waals surface area (Å²) in [5.41, 5.74) is 1.34. The predicted octanol–water partition coefficient (Wildman–Crippen LogP) is 1.86. The fourth-order valence-electron chi connectivity index (χ4n) is 1.99. The summed E-state index contributed by atoms with van der Waals surface area (Å²) in [5, 5.41) is 17.4. The van der Waals surface area contributed by atoms with E-state index in [9.17, 15) is 19.4 Å². The Morgan fingerprint density at radius 2 is 1.07 bits per heavy atom. The van der Waals surface area contributed by atoms with Gasteiger partial charge >= 0.3 is 164 Å². The molecule has 0 saturated carbocycles. The molecule has 0 heterocycles. The van der Waals surface area contributed by atoms with Crippen molar-refractivity contribution in [1.29, 1.82) is 0 Å². The first-order chi connectivity index (χ1) is 12.8. The van der Waals surface area contributed by atoms with Gasteiger partial charge in [-0.25, -0.2) is 0 Å². The van der Waals surface area contributed by atoms with Crippen LogP contribution in [0.2, 0.25) is 0 Å². The summed E-state index contributed by atoms with van der Waals surface area (Å²) in [5.74, 6) is -1.96. The van der Waals surface area contributed by atoms with Crippen molar-refractivity contribution in [2.45, 2.75) is 12.8 Å². The van der Waals surface area contributed by atoms with Gasteiger partial charge in [-0.05, 0) is 0 Å². The van der Waals surface area contributed by atoms with Crippen LogP contribution < -0.4 is 0 Å². The summed E-state index contributed by atoms with van der Waals surface area (Å²) in [7, 11) is 0. The molecule has 11 heteroatoms. The van der Waals surface area contributed by atoms with Crippen molar-refractivity contribution in [2.75, 3.05) is 0 Å². The van der Waals surface area contributed by atoms with Crippen molar-refractivity contribution in [2.24, 2.45) is 0 Å². The Morgan fingerprint density at radius 3 is 1.37 bits per heavy atom. The van der Waals surface area contributed by atoms with Crippen LogP contribution in [0.3, 0.4) is 0 Å². The van der Waals surface area contributed by atoms with Crippen LogP contribution >= 0.6 is 0 Å². The van der Waals surface area contributed by atoms with Crippen LogP contribution in [0.1, 0.15) is 11.1 Å². The van der Waals surface area contributed by atoms with E-state index >= 15 is 0 Å². The van der Waals surface area contributed by atoms with Gasteiger partial charge in [0.05, 0.1) is 0 Å². The number of rotatable bonds is 10. The van der Waals surface area contributed by atoms with Gasteiger partial charge in [0, 0.05) is 0 Å². The number of carboxylic acids is 2. The molecular formula is C16H14N2O8Sb+2. The van der Waals surface area contributed by atoms with Gasteiger partial charge in [-0.1, -0.05) is 0 Å². The van der Waals surface area contributed by atoms with Gasteiger partial charge < -0.3 is 0 Å². The second-order valence-electron chi connectivity index (χ2n) is 5.23. The Morgan fingerprint density at radius 1 is 0.741 bits per heavy atom. The van der Waals surface area contributed by atoms with Gasteiger partial charge in [0.2, 0.25) is 0 Å². The zero-order valence-electron chi connectivity index (χ0n) is 13.7. The Kier molecular flexibility index (Phi) is 7.24. The molecule has 0 aliphatic rings. The molecule has 1 radical (unpaired) electrons. The number of nitrogens with zero attached hydrogens (tertiary/aromatic N) is 2. The molecule has 0 aliphatic carbocycles. The average molecular weight is 484 g/mol. The molecule has 0 spiro atoms. The number of carboxylic acid groups (broad SMARTS) is 2. The van der Waals surface area contributed by atoms with E-state index in [4.69, 9.17) is 16.4 Å². The van der Waals surface area contributed by atoms with Crippen molar-refractivity contribution in [3.63, 3.8) is 0 Å². The molecule has 10 nitrogen and oxygen atoms in total. The van der Waals surface area contributed by atoms with Crippen molar-refractivity contribution in [3.05, 3.63) is 69.5 Å². The second-order valence-corrected chi connectivity index (χ2v) is 6.58. The molecule has 0 saturated heterocycles. The monoisotopic (exact) mass is 483 g/mol. The van der Waals surface area contributed by atoms with E-state index in [1.807, 2.05) is 0 Å². The van der Waals surface area contributed by atoms with Crippen LogP contribution in [-0.4, -0.2) is 54.5 Å². The first kappa shape index (κ1) is 20.3. The summed E-state index contributed by atoms with van der Waals surface area (Å²) >= 11 is -2.09. The van der Waals surface area contributed by atoms with E-state index in [-0.39, 0.29) is 34.1 Å². The van der Waals surface area contributed by atoms with Crippen molar-refractivity contribution >= 4 is 45.8 Å². The topological polar surface area (TPSA) is 133 Å². The molecule has 2 aromatic rings. The van der Waals surface area contributed by atoms with E-state index in [2.05, 4.69) is 0 Å². The molecule has 0 amide bonds. The maximum absolute atomic E-state index is 11.8. The van der Waals surface area contributed by atoms with Gasteiger partial charge in [0.1, 0.15) is 0 Å². The van der Waals surface area contributed by atoms with Gasteiger partial charge in [-0.2, -0.15) is 0 Å². The third-order valence-corrected chi connectivity index (χ3v) is 4.45. The number of carbonyl (C=O) groups is 2. The van der Waals surface area contributed by atoms with Crippen LogP contribution in [0.4, 0.5) is 11.4 Å². The molecule has 27 heavy (non-hydrogen) atoms. The molecule has 0 aromatic heterocycles. The average Bonchev–Trinajstić information content (AvgIpc) is 2.61. The molecular weight excluding hydrogens is 470 g/mol. The fourth-order valence-corrected chi connectivity index (χ4v) is 2.96. The molecule has 0 atom stereocenters. The fraction of sp³-hybridized carbons (Fsp3) is 0.125. The maximum atomic E-state index is 11.8. The summed E-state index contributed by atoms with van der Waals surface area (Å²) in [6.07, 6.45) is -0.316. The van der Waals surface area contributed by atoms with Crippen LogP contribution in [0.5, 0.6) is 0 Å². The van der Waals surface area contributed by atoms with E-state index in [1.54, 1.807) is 0 Å². The molecule has 2 N–H and O–H groups in total. The van der Waals surface area contributed by atoms with E-state index < -0.39 is 34.4 Å². The van der Waals surface area contributed by atoms with Crippen LogP contribution in [0.15, 0.2) is 48.5 Å². The van der Waals surface area contributed by atoms with Gasteiger partial charge in [0.25, 0.3) is 0 Å². The zero-order valence-corrected chi connectivity index (χ0v) is 16.3. The minimum absolute atomic E-state index is 0.138. The molecule has 0 fully saturated rings. The first-order valence-electron chi connectivity index (χ1n) is 7.46. The number of benzene rings is 2. The minimum atomic E-state index is -2.09. The van der Waals surface area contributed by atoms with Crippen molar-refractivity contribution in [1.82, 2.24) is 0 Å². The third-order valence-electron chi connectivity index (χ3n) is 3.22. The Hall–Kier alpha value is -3.00. The third kappa shape index (κ3) is 6.67.